The van der Waals surface area contributed by atoms with E-state index in [4.69, 9.17) is 9.31 Å². The van der Waals surface area contributed by atoms with Crippen LogP contribution in [0.3, 0.4) is 0 Å². The van der Waals surface area contributed by atoms with Gasteiger partial charge in [0.15, 0.2) is 0 Å². The summed E-state index contributed by atoms with van der Waals surface area (Å²) in [6.07, 6.45) is 0. The predicted molar refractivity (Wildman–Crippen MR) is 110 cm³/mol. The summed E-state index contributed by atoms with van der Waals surface area (Å²) >= 11 is 0. The highest BCUT2D eigenvalue weighted by molar-refractivity contribution is 6.62. The Labute approximate surface area is 156 Å². The lowest BCUT2D eigenvalue weighted by molar-refractivity contribution is 0.00578. The normalized spacial score (nSPS) is 19.6. The first-order valence-electron chi connectivity index (χ1n) is 9.39. The third kappa shape index (κ3) is 2.67. The van der Waals surface area contributed by atoms with Crippen molar-refractivity contribution in [1.29, 1.82) is 0 Å². The standard InChI is InChI=1S/C22H28BNO2/c1-20(2,3)14-8-10-18-16(12-14)17-13-15(9-11-19(17)24-18)23-25-21(4,5)22(6,7)26-23/h8-13,24H,1-7H3. The fraction of sp³-hybridized carbons (Fsp3) is 0.455. The molecular weight excluding hydrogens is 321 g/mol. The zero-order valence-electron chi connectivity index (χ0n) is 16.9. The Morgan fingerprint density at radius 3 is 1.92 bits per heavy atom. The summed E-state index contributed by atoms with van der Waals surface area (Å²) in [5.74, 6) is 0. The molecule has 4 rings (SSSR count). The molecule has 0 amide bonds. The number of aromatic nitrogens is 1. The van der Waals surface area contributed by atoms with Gasteiger partial charge in [0.2, 0.25) is 0 Å². The van der Waals surface area contributed by atoms with Crippen molar-refractivity contribution in [2.75, 3.05) is 0 Å². The summed E-state index contributed by atoms with van der Waals surface area (Å²) in [6, 6.07) is 13.2. The van der Waals surface area contributed by atoms with E-state index < -0.39 is 0 Å². The fourth-order valence-electron chi connectivity index (χ4n) is 3.51. The van der Waals surface area contributed by atoms with Crippen molar-refractivity contribution >= 4 is 34.4 Å². The van der Waals surface area contributed by atoms with Crippen molar-refractivity contribution in [2.24, 2.45) is 0 Å². The van der Waals surface area contributed by atoms with Gasteiger partial charge < -0.3 is 14.3 Å². The number of rotatable bonds is 1. The van der Waals surface area contributed by atoms with E-state index in [1.807, 2.05) is 0 Å². The minimum absolute atomic E-state index is 0.126. The third-order valence-corrected chi connectivity index (χ3v) is 6.01. The van der Waals surface area contributed by atoms with E-state index in [1.165, 1.54) is 21.9 Å². The number of benzene rings is 2. The second kappa shape index (κ2) is 5.37. The fourth-order valence-corrected chi connectivity index (χ4v) is 3.51. The summed E-state index contributed by atoms with van der Waals surface area (Å²) < 4.78 is 12.5. The molecule has 1 aliphatic heterocycles. The maximum Gasteiger partial charge on any atom is 0.494 e. The first kappa shape index (κ1) is 17.6. The molecule has 1 fully saturated rings. The average molecular weight is 349 g/mol. The van der Waals surface area contributed by atoms with Gasteiger partial charge in [-0.15, -0.1) is 0 Å². The second-order valence-electron chi connectivity index (χ2n) is 9.53. The van der Waals surface area contributed by atoms with Crippen LogP contribution in [-0.2, 0) is 14.7 Å². The second-order valence-corrected chi connectivity index (χ2v) is 9.53. The minimum atomic E-state index is -0.333. The lowest BCUT2D eigenvalue weighted by atomic mass is 9.78. The zero-order valence-corrected chi connectivity index (χ0v) is 16.9. The van der Waals surface area contributed by atoms with Crippen LogP contribution in [0.25, 0.3) is 21.8 Å². The van der Waals surface area contributed by atoms with Crippen LogP contribution in [0, 0.1) is 0 Å². The van der Waals surface area contributed by atoms with Gasteiger partial charge in [0.1, 0.15) is 0 Å². The Morgan fingerprint density at radius 1 is 0.808 bits per heavy atom. The zero-order chi connectivity index (χ0) is 18.9. The van der Waals surface area contributed by atoms with Crippen molar-refractivity contribution in [3.8, 4) is 0 Å². The molecule has 0 radical (unpaired) electrons. The summed E-state index contributed by atoms with van der Waals surface area (Å²) in [7, 11) is -0.333. The van der Waals surface area contributed by atoms with E-state index in [0.29, 0.717) is 0 Å². The Hall–Kier alpha value is -1.78. The quantitative estimate of drug-likeness (QED) is 0.633. The van der Waals surface area contributed by atoms with Gasteiger partial charge in [-0.25, -0.2) is 0 Å². The van der Waals surface area contributed by atoms with Gasteiger partial charge >= 0.3 is 7.12 Å². The smallest absolute Gasteiger partial charge is 0.399 e. The van der Waals surface area contributed by atoms with E-state index >= 15 is 0 Å². The molecule has 3 aromatic rings. The number of H-pyrrole nitrogens is 1. The molecule has 2 aromatic carbocycles. The highest BCUT2D eigenvalue weighted by Crippen LogP contribution is 2.37. The Kier molecular flexibility index (Phi) is 3.64. The largest absolute Gasteiger partial charge is 0.494 e. The molecule has 0 unspecified atom stereocenters. The van der Waals surface area contributed by atoms with Gasteiger partial charge in [0, 0.05) is 21.8 Å². The summed E-state index contributed by atoms with van der Waals surface area (Å²) in [5.41, 5.74) is 4.19. The van der Waals surface area contributed by atoms with Gasteiger partial charge in [-0.2, -0.15) is 0 Å². The minimum Gasteiger partial charge on any atom is -0.399 e. The Morgan fingerprint density at radius 2 is 1.35 bits per heavy atom. The molecule has 4 heteroatoms. The molecule has 3 nitrogen and oxygen atoms in total. The highest BCUT2D eigenvalue weighted by atomic mass is 16.7. The van der Waals surface area contributed by atoms with Crippen LogP contribution in [0.15, 0.2) is 36.4 Å². The van der Waals surface area contributed by atoms with Gasteiger partial charge in [-0.1, -0.05) is 39.0 Å². The maximum atomic E-state index is 6.23. The number of hydrogen-bond acceptors (Lipinski definition) is 2. The molecule has 0 atom stereocenters. The molecule has 1 saturated heterocycles. The monoisotopic (exact) mass is 349 g/mol. The van der Waals surface area contributed by atoms with E-state index in [0.717, 1.165) is 11.0 Å². The SMILES string of the molecule is CC(C)(C)c1ccc2[nH]c3ccc(B4OC(C)(C)C(C)(C)O4)cc3c2c1. The molecule has 0 saturated carbocycles. The third-order valence-electron chi connectivity index (χ3n) is 6.01. The Balaban J connectivity index is 1.83. The van der Waals surface area contributed by atoms with Crippen molar-refractivity contribution in [2.45, 2.75) is 65.1 Å². The molecule has 0 bridgehead atoms. The van der Waals surface area contributed by atoms with Crippen molar-refractivity contribution in [3.05, 3.63) is 42.0 Å². The van der Waals surface area contributed by atoms with Crippen LogP contribution in [-0.4, -0.2) is 23.3 Å². The molecule has 0 spiro atoms. The molecule has 26 heavy (non-hydrogen) atoms. The summed E-state index contributed by atoms with van der Waals surface area (Å²) in [6.45, 7) is 15.1. The van der Waals surface area contributed by atoms with E-state index in [-0.39, 0.29) is 23.7 Å². The molecule has 1 aliphatic rings. The molecule has 2 heterocycles. The number of fused-ring (bicyclic) bond motifs is 3. The lowest BCUT2D eigenvalue weighted by Gasteiger charge is -2.32. The van der Waals surface area contributed by atoms with Gasteiger partial charge in [-0.05, 0) is 62.3 Å². The average Bonchev–Trinajstić information content (AvgIpc) is 2.99. The Bertz CT molecular complexity index is 978. The first-order chi connectivity index (χ1) is 12.0. The molecule has 0 aliphatic carbocycles. The number of nitrogens with one attached hydrogen (secondary N) is 1. The van der Waals surface area contributed by atoms with E-state index in [1.54, 1.807) is 0 Å². The van der Waals surface area contributed by atoms with E-state index in [2.05, 4.69) is 89.8 Å². The van der Waals surface area contributed by atoms with Crippen LogP contribution in [0.2, 0.25) is 0 Å². The lowest BCUT2D eigenvalue weighted by Crippen LogP contribution is -2.41. The van der Waals surface area contributed by atoms with Crippen LogP contribution >= 0.6 is 0 Å². The van der Waals surface area contributed by atoms with Crippen LogP contribution in [0.5, 0.6) is 0 Å². The van der Waals surface area contributed by atoms with E-state index in [9.17, 15) is 0 Å². The molecule has 136 valence electrons. The molecule has 1 N–H and O–H groups in total. The van der Waals surface area contributed by atoms with Crippen molar-refractivity contribution < 1.29 is 9.31 Å². The van der Waals surface area contributed by atoms with Crippen LogP contribution in [0.1, 0.15) is 54.0 Å². The number of aromatic amines is 1. The highest BCUT2D eigenvalue weighted by Gasteiger charge is 2.51. The first-order valence-corrected chi connectivity index (χ1v) is 9.39. The maximum absolute atomic E-state index is 6.23. The van der Waals surface area contributed by atoms with Gasteiger partial charge in [0.05, 0.1) is 11.2 Å². The number of hydrogen-bond donors (Lipinski definition) is 1. The van der Waals surface area contributed by atoms with Gasteiger partial charge in [0.25, 0.3) is 0 Å². The summed E-state index contributed by atoms with van der Waals surface area (Å²) in [4.78, 5) is 3.53. The topological polar surface area (TPSA) is 34.2 Å². The van der Waals surface area contributed by atoms with Crippen LogP contribution in [0.4, 0.5) is 0 Å². The van der Waals surface area contributed by atoms with Crippen molar-refractivity contribution in [3.63, 3.8) is 0 Å². The van der Waals surface area contributed by atoms with Gasteiger partial charge in [-0.3, -0.25) is 0 Å². The summed E-state index contributed by atoms with van der Waals surface area (Å²) in [5, 5.41) is 2.48. The predicted octanol–water partition coefficient (Wildman–Crippen LogP) is 4.92. The van der Waals surface area contributed by atoms with Crippen molar-refractivity contribution in [1.82, 2.24) is 4.98 Å². The molecular formula is C22H28BNO2. The molecule has 1 aromatic heterocycles. The van der Waals surface area contributed by atoms with Crippen LogP contribution < -0.4 is 5.46 Å².